The molecule has 0 spiro atoms. The molecule has 0 bridgehead atoms. The third kappa shape index (κ3) is 3.90. The fourth-order valence-corrected chi connectivity index (χ4v) is 3.04. The fraction of sp³-hybridized carbons (Fsp3) is 0.812. The lowest BCUT2D eigenvalue weighted by atomic mass is 10.3. The van der Waals surface area contributed by atoms with E-state index in [0.29, 0.717) is 30.1 Å². The van der Waals surface area contributed by atoms with E-state index < -0.39 is 0 Å². The van der Waals surface area contributed by atoms with Gasteiger partial charge >= 0.3 is 0 Å². The van der Waals surface area contributed by atoms with Crippen LogP contribution in [0.5, 0.6) is 0 Å². The SMILES string of the molecule is CO[C@H](C)c1noc(CN2CCCN(C(=O)[C@H]3C[C@H]3C)CC2)n1. The molecular weight excluding hydrogens is 296 g/mol. The van der Waals surface area contributed by atoms with E-state index in [2.05, 4.69) is 22.0 Å². The molecule has 0 radical (unpaired) electrons. The Morgan fingerprint density at radius 3 is 2.87 bits per heavy atom. The number of hydrogen-bond acceptors (Lipinski definition) is 6. The van der Waals surface area contributed by atoms with Gasteiger partial charge in [0.15, 0.2) is 5.82 Å². The number of nitrogens with zero attached hydrogens (tertiary/aromatic N) is 4. The molecule has 128 valence electrons. The summed E-state index contributed by atoms with van der Waals surface area (Å²) in [7, 11) is 1.63. The Morgan fingerprint density at radius 1 is 1.39 bits per heavy atom. The van der Waals surface area contributed by atoms with Crippen LogP contribution in [0.1, 0.15) is 44.5 Å². The van der Waals surface area contributed by atoms with Crippen molar-refractivity contribution in [3.63, 3.8) is 0 Å². The standard InChI is InChI=1S/C16H26N4O3/c1-11-9-13(11)16(21)20-6-4-5-19(7-8-20)10-14-17-15(18-23-14)12(2)22-3/h11-13H,4-10H2,1-3H3/t11-,12-,13+/m1/s1. The average molecular weight is 322 g/mol. The number of methoxy groups -OCH3 is 1. The molecule has 2 aliphatic rings. The molecule has 7 nitrogen and oxygen atoms in total. The summed E-state index contributed by atoms with van der Waals surface area (Å²) in [4.78, 5) is 21.0. The zero-order chi connectivity index (χ0) is 16.4. The van der Waals surface area contributed by atoms with Gasteiger partial charge < -0.3 is 14.2 Å². The molecule has 1 saturated carbocycles. The van der Waals surface area contributed by atoms with Crippen LogP contribution < -0.4 is 0 Å². The summed E-state index contributed by atoms with van der Waals surface area (Å²) in [6.07, 6.45) is 1.88. The first kappa shape index (κ1) is 16.4. The van der Waals surface area contributed by atoms with Crippen LogP contribution in [0.3, 0.4) is 0 Å². The molecule has 1 aliphatic heterocycles. The predicted octanol–water partition coefficient (Wildman–Crippen LogP) is 1.47. The van der Waals surface area contributed by atoms with Crippen molar-refractivity contribution in [3.8, 4) is 0 Å². The van der Waals surface area contributed by atoms with E-state index in [1.165, 1.54) is 0 Å². The van der Waals surface area contributed by atoms with Gasteiger partial charge in [0, 0.05) is 39.2 Å². The highest BCUT2D eigenvalue weighted by Gasteiger charge is 2.41. The van der Waals surface area contributed by atoms with Crippen LogP contribution in [0.15, 0.2) is 4.52 Å². The second-order valence-corrected chi connectivity index (χ2v) is 6.70. The van der Waals surface area contributed by atoms with Crippen molar-refractivity contribution in [1.82, 2.24) is 19.9 Å². The molecule has 1 aliphatic carbocycles. The zero-order valence-electron chi connectivity index (χ0n) is 14.2. The van der Waals surface area contributed by atoms with Crippen LogP contribution in [0.4, 0.5) is 0 Å². The van der Waals surface area contributed by atoms with Gasteiger partial charge in [0.05, 0.1) is 6.54 Å². The lowest BCUT2D eigenvalue weighted by Gasteiger charge is -2.21. The second-order valence-electron chi connectivity index (χ2n) is 6.70. The highest BCUT2D eigenvalue weighted by Crippen LogP contribution is 2.39. The number of carbonyl (C=O) groups is 1. The number of amides is 1. The maximum Gasteiger partial charge on any atom is 0.240 e. The summed E-state index contributed by atoms with van der Waals surface area (Å²) < 4.78 is 10.5. The van der Waals surface area contributed by atoms with Crippen LogP contribution in [-0.4, -0.2) is 59.1 Å². The van der Waals surface area contributed by atoms with Crippen LogP contribution in [0, 0.1) is 11.8 Å². The van der Waals surface area contributed by atoms with Gasteiger partial charge in [-0.05, 0) is 25.7 Å². The summed E-state index contributed by atoms with van der Waals surface area (Å²) in [5.74, 6) is 2.38. The van der Waals surface area contributed by atoms with Crippen molar-refractivity contribution in [2.75, 3.05) is 33.3 Å². The van der Waals surface area contributed by atoms with Gasteiger partial charge in [-0.25, -0.2) is 0 Å². The van der Waals surface area contributed by atoms with E-state index in [-0.39, 0.29) is 12.0 Å². The average Bonchev–Trinajstić information content (AvgIpc) is 3.18. The summed E-state index contributed by atoms with van der Waals surface area (Å²) in [5.41, 5.74) is 0. The Balaban J connectivity index is 1.52. The van der Waals surface area contributed by atoms with E-state index >= 15 is 0 Å². The molecule has 23 heavy (non-hydrogen) atoms. The molecular formula is C16H26N4O3. The quantitative estimate of drug-likeness (QED) is 0.817. The van der Waals surface area contributed by atoms with Gasteiger partial charge in [0.1, 0.15) is 6.10 Å². The number of ether oxygens (including phenoxy) is 1. The van der Waals surface area contributed by atoms with Gasteiger partial charge in [-0.1, -0.05) is 12.1 Å². The lowest BCUT2D eigenvalue weighted by Crippen LogP contribution is -2.36. The number of rotatable bonds is 5. The van der Waals surface area contributed by atoms with Crippen molar-refractivity contribution in [1.29, 1.82) is 0 Å². The van der Waals surface area contributed by atoms with E-state index in [9.17, 15) is 4.79 Å². The minimum atomic E-state index is -0.162. The first-order valence-electron chi connectivity index (χ1n) is 8.45. The molecule has 3 atom stereocenters. The van der Waals surface area contributed by atoms with Crippen LogP contribution in [0.25, 0.3) is 0 Å². The number of aromatic nitrogens is 2. The second kappa shape index (κ2) is 6.97. The predicted molar refractivity (Wildman–Crippen MR) is 83.5 cm³/mol. The van der Waals surface area contributed by atoms with E-state index in [1.54, 1.807) is 7.11 Å². The van der Waals surface area contributed by atoms with Crippen molar-refractivity contribution >= 4 is 5.91 Å². The molecule has 2 heterocycles. The third-order valence-electron chi connectivity index (χ3n) is 4.89. The van der Waals surface area contributed by atoms with Crippen molar-refractivity contribution in [2.24, 2.45) is 11.8 Å². The van der Waals surface area contributed by atoms with Crippen molar-refractivity contribution in [3.05, 3.63) is 11.7 Å². The Kier molecular flexibility index (Phi) is 4.96. The monoisotopic (exact) mass is 322 g/mol. The normalized spacial score (nSPS) is 26.8. The summed E-state index contributed by atoms with van der Waals surface area (Å²) in [5, 5.41) is 3.96. The van der Waals surface area contributed by atoms with Gasteiger partial charge in [-0.3, -0.25) is 9.69 Å². The molecule has 1 saturated heterocycles. The number of hydrogen-bond donors (Lipinski definition) is 0. The Hall–Kier alpha value is -1.47. The van der Waals surface area contributed by atoms with Crippen LogP contribution >= 0.6 is 0 Å². The summed E-state index contributed by atoms with van der Waals surface area (Å²) in [6.45, 7) is 8.12. The smallest absolute Gasteiger partial charge is 0.240 e. The van der Waals surface area contributed by atoms with Gasteiger partial charge in [0.25, 0.3) is 0 Å². The lowest BCUT2D eigenvalue weighted by molar-refractivity contribution is -0.132. The van der Waals surface area contributed by atoms with Gasteiger partial charge in [-0.2, -0.15) is 4.98 Å². The molecule has 3 rings (SSSR count). The topological polar surface area (TPSA) is 71.7 Å². The summed E-state index contributed by atoms with van der Waals surface area (Å²) in [6, 6.07) is 0. The molecule has 0 aromatic carbocycles. The minimum absolute atomic E-state index is 0.162. The maximum atomic E-state index is 12.4. The largest absolute Gasteiger partial charge is 0.374 e. The van der Waals surface area contributed by atoms with Gasteiger partial charge in [0.2, 0.25) is 11.8 Å². The first-order chi connectivity index (χ1) is 11.1. The van der Waals surface area contributed by atoms with Crippen molar-refractivity contribution in [2.45, 2.75) is 39.3 Å². The highest BCUT2D eigenvalue weighted by atomic mass is 16.5. The zero-order valence-corrected chi connectivity index (χ0v) is 14.2. The molecule has 1 amide bonds. The molecule has 2 fully saturated rings. The Labute approximate surface area is 137 Å². The van der Waals surface area contributed by atoms with Crippen LogP contribution in [-0.2, 0) is 16.1 Å². The minimum Gasteiger partial charge on any atom is -0.374 e. The Bertz CT molecular complexity index is 547. The molecule has 0 unspecified atom stereocenters. The molecule has 7 heteroatoms. The molecule has 1 aromatic heterocycles. The number of carbonyl (C=O) groups excluding carboxylic acids is 1. The first-order valence-corrected chi connectivity index (χ1v) is 8.45. The van der Waals surface area contributed by atoms with E-state index in [4.69, 9.17) is 9.26 Å². The Morgan fingerprint density at radius 2 is 2.17 bits per heavy atom. The highest BCUT2D eigenvalue weighted by molar-refractivity contribution is 5.81. The fourth-order valence-electron chi connectivity index (χ4n) is 3.04. The molecule has 1 aromatic rings. The van der Waals surface area contributed by atoms with E-state index in [1.807, 2.05) is 11.8 Å². The van der Waals surface area contributed by atoms with E-state index in [0.717, 1.165) is 39.0 Å². The van der Waals surface area contributed by atoms with Crippen molar-refractivity contribution < 1.29 is 14.1 Å². The molecule has 0 N–H and O–H groups in total. The van der Waals surface area contributed by atoms with Gasteiger partial charge in [-0.15, -0.1) is 0 Å². The third-order valence-corrected chi connectivity index (χ3v) is 4.89. The summed E-state index contributed by atoms with van der Waals surface area (Å²) >= 11 is 0. The maximum absolute atomic E-state index is 12.4. The van der Waals surface area contributed by atoms with Crippen LogP contribution in [0.2, 0.25) is 0 Å².